The van der Waals surface area contributed by atoms with Crippen molar-refractivity contribution in [2.24, 2.45) is 0 Å². The molecule has 2 aliphatic heterocycles. The van der Waals surface area contributed by atoms with E-state index in [1.807, 2.05) is 11.8 Å². The molecule has 3 heterocycles. The topological polar surface area (TPSA) is 63.1 Å². The van der Waals surface area contributed by atoms with Crippen molar-refractivity contribution < 1.29 is 4.79 Å². The second kappa shape index (κ2) is 5.52. The van der Waals surface area contributed by atoms with Gasteiger partial charge in [0.2, 0.25) is 5.91 Å². The van der Waals surface area contributed by atoms with Gasteiger partial charge in [0.05, 0.1) is 6.54 Å². The second-order valence-corrected chi connectivity index (χ2v) is 5.80. The lowest BCUT2D eigenvalue weighted by molar-refractivity contribution is -0.137. The Bertz CT molecular complexity index is 492. The smallest absolute Gasteiger partial charge is 0.245 e. The first kappa shape index (κ1) is 13.5. The Balaban J connectivity index is 1.89. The van der Waals surface area contributed by atoms with E-state index in [9.17, 15) is 4.79 Å². The number of aromatic nitrogens is 3. The molecule has 1 atom stereocenters. The zero-order chi connectivity index (χ0) is 14.1. The minimum Gasteiger partial charge on any atom is -0.333 e. The quantitative estimate of drug-likeness (QED) is 0.897. The van der Waals surface area contributed by atoms with Crippen molar-refractivity contribution in [3.8, 4) is 0 Å². The molecule has 1 saturated heterocycles. The standard InChI is InChI=1S/C14H23N5O/c1-3-8-18-9-12-16-17-13(11-4-6-15-7-5-11)19(12)10(2)14(18)20/h10-11,15H,3-9H2,1-2H3/t10-/m0/s1. The molecule has 1 N–H and O–H groups in total. The van der Waals surface area contributed by atoms with Crippen molar-refractivity contribution in [2.45, 2.75) is 51.6 Å². The van der Waals surface area contributed by atoms with Gasteiger partial charge in [-0.25, -0.2) is 0 Å². The fraction of sp³-hybridized carbons (Fsp3) is 0.786. The van der Waals surface area contributed by atoms with Gasteiger partial charge in [-0.1, -0.05) is 6.92 Å². The Morgan fingerprint density at radius 2 is 2.05 bits per heavy atom. The van der Waals surface area contributed by atoms with Crippen molar-refractivity contribution in [3.63, 3.8) is 0 Å². The number of amides is 1. The normalized spacial score (nSPS) is 24.0. The Morgan fingerprint density at radius 1 is 1.30 bits per heavy atom. The van der Waals surface area contributed by atoms with E-state index in [2.05, 4.69) is 27.0 Å². The van der Waals surface area contributed by atoms with E-state index in [0.717, 1.165) is 50.5 Å². The van der Waals surface area contributed by atoms with E-state index in [4.69, 9.17) is 0 Å². The van der Waals surface area contributed by atoms with Crippen LogP contribution in [0.1, 0.15) is 56.7 Å². The summed E-state index contributed by atoms with van der Waals surface area (Å²) in [5.74, 6) is 2.59. The third-order valence-corrected chi connectivity index (χ3v) is 4.38. The molecule has 0 saturated carbocycles. The van der Waals surface area contributed by atoms with Gasteiger partial charge in [0.1, 0.15) is 11.9 Å². The first-order valence-corrected chi connectivity index (χ1v) is 7.65. The lowest BCUT2D eigenvalue weighted by atomic mass is 9.96. The second-order valence-electron chi connectivity index (χ2n) is 5.80. The molecule has 0 unspecified atom stereocenters. The van der Waals surface area contributed by atoms with Crippen LogP contribution in [-0.2, 0) is 11.3 Å². The summed E-state index contributed by atoms with van der Waals surface area (Å²) in [6, 6.07) is -0.162. The van der Waals surface area contributed by atoms with E-state index < -0.39 is 0 Å². The summed E-state index contributed by atoms with van der Waals surface area (Å²) < 4.78 is 2.09. The predicted molar refractivity (Wildman–Crippen MR) is 75.3 cm³/mol. The summed E-state index contributed by atoms with van der Waals surface area (Å²) in [6.07, 6.45) is 3.14. The molecular formula is C14H23N5O. The third kappa shape index (κ3) is 2.22. The minimum atomic E-state index is -0.162. The molecule has 1 aromatic heterocycles. The number of carbonyl (C=O) groups is 1. The molecule has 1 aromatic rings. The fourth-order valence-electron chi connectivity index (χ4n) is 3.31. The van der Waals surface area contributed by atoms with Crippen molar-refractivity contribution in [3.05, 3.63) is 11.6 Å². The van der Waals surface area contributed by atoms with Crippen LogP contribution in [-0.4, -0.2) is 45.2 Å². The molecule has 110 valence electrons. The molecule has 1 amide bonds. The van der Waals surface area contributed by atoms with Crippen molar-refractivity contribution in [1.82, 2.24) is 25.0 Å². The summed E-state index contributed by atoms with van der Waals surface area (Å²) in [5.41, 5.74) is 0. The molecule has 0 radical (unpaired) electrons. The van der Waals surface area contributed by atoms with Crippen LogP contribution >= 0.6 is 0 Å². The van der Waals surface area contributed by atoms with E-state index in [-0.39, 0.29) is 11.9 Å². The summed E-state index contributed by atoms with van der Waals surface area (Å²) in [6.45, 7) is 7.53. The van der Waals surface area contributed by atoms with Gasteiger partial charge in [-0.05, 0) is 39.3 Å². The highest BCUT2D eigenvalue weighted by atomic mass is 16.2. The minimum absolute atomic E-state index is 0.162. The average molecular weight is 277 g/mol. The van der Waals surface area contributed by atoms with E-state index >= 15 is 0 Å². The van der Waals surface area contributed by atoms with Crippen LogP contribution in [0.15, 0.2) is 0 Å². The van der Waals surface area contributed by atoms with Crippen LogP contribution < -0.4 is 5.32 Å². The average Bonchev–Trinajstić information content (AvgIpc) is 2.89. The molecule has 0 aromatic carbocycles. The molecule has 1 fully saturated rings. The Hall–Kier alpha value is -1.43. The highest BCUT2D eigenvalue weighted by Crippen LogP contribution is 2.30. The molecule has 6 heteroatoms. The molecule has 0 spiro atoms. The van der Waals surface area contributed by atoms with Crippen molar-refractivity contribution >= 4 is 5.91 Å². The molecule has 3 rings (SSSR count). The number of nitrogens with zero attached hydrogens (tertiary/aromatic N) is 4. The summed E-state index contributed by atoms with van der Waals surface area (Å²) in [5, 5.41) is 12.1. The number of nitrogens with one attached hydrogen (secondary N) is 1. The molecular weight excluding hydrogens is 254 g/mol. The van der Waals surface area contributed by atoms with Crippen LogP contribution in [0.4, 0.5) is 0 Å². The van der Waals surface area contributed by atoms with Crippen LogP contribution in [0.5, 0.6) is 0 Å². The first-order valence-electron chi connectivity index (χ1n) is 7.65. The molecule has 6 nitrogen and oxygen atoms in total. The van der Waals surface area contributed by atoms with Gasteiger partial charge in [-0.15, -0.1) is 10.2 Å². The van der Waals surface area contributed by atoms with Gasteiger partial charge < -0.3 is 14.8 Å². The number of rotatable bonds is 3. The number of fused-ring (bicyclic) bond motifs is 1. The van der Waals surface area contributed by atoms with Gasteiger partial charge in [-0.3, -0.25) is 4.79 Å². The van der Waals surface area contributed by atoms with Crippen LogP contribution in [0.2, 0.25) is 0 Å². The number of piperidine rings is 1. The summed E-state index contributed by atoms with van der Waals surface area (Å²) >= 11 is 0. The van der Waals surface area contributed by atoms with E-state index in [1.165, 1.54) is 0 Å². The maximum atomic E-state index is 12.4. The van der Waals surface area contributed by atoms with Gasteiger partial charge in [0.15, 0.2) is 5.82 Å². The molecule has 0 aliphatic carbocycles. The highest BCUT2D eigenvalue weighted by molar-refractivity contribution is 5.81. The van der Waals surface area contributed by atoms with Gasteiger partial charge >= 0.3 is 0 Å². The predicted octanol–water partition coefficient (Wildman–Crippen LogP) is 1.06. The Labute approximate surface area is 119 Å². The highest BCUT2D eigenvalue weighted by Gasteiger charge is 2.34. The van der Waals surface area contributed by atoms with Crippen LogP contribution in [0, 0.1) is 0 Å². The Morgan fingerprint density at radius 3 is 2.75 bits per heavy atom. The maximum Gasteiger partial charge on any atom is 0.245 e. The molecule has 20 heavy (non-hydrogen) atoms. The van der Waals surface area contributed by atoms with E-state index in [0.29, 0.717) is 12.5 Å². The SMILES string of the molecule is CCCN1Cc2nnc(C3CCNCC3)n2[C@@H](C)C1=O. The van der Waals surface area contributed by atoms with Crippen molar-refractivity contribution in [1.29, 1.82) is 0 Å². The zero-order valence-corrected chi connectivity index (χ0v) is 12.3. The number of hydrogen-bond acceptors (Lipinski definition) is 4. The first-order chi connectivity index (χ1) is 9.72. The zero-order valence-electron chi connectivity index (χ0n) is 12.3. The van der Waals surface area contributed by atoms with Crippen LogP contribution in [0.3, 0.4) is 0 Å². The Kier molecular flexibility index (Phi) is 3.74. The largest absolute Gasteiger partial charge is 0.333 e. The lowest BCUT2D eigenvalue weighted by Crippen LogP contribution is -2.43. The van der Waals surface area contributed by atoms with Gasteiger partial charge in [0, 0.05) is 12.5 Å². The number of hydrogen-bond donors (Lipinski definition) is 1. The van der Waals surface area contributed by atoms with Crippen LogP contribution in [0.25, 0.3) is 0 Å². The lowest BCUT2D eigenvalue weighted by Gasteiger charge is -2.33. The van der Waals surface area contributed by atoms with E-state index in [1.54, 1.807) is 0 Å². The third-order valence-electron chi connectivity index (χ3n) is 4.38. The van der Waals surface area contributed by atoms with Gasteiger partial charge in [-0.2, -0.15) is 0 Å². The van der Waals surface area contributed by atoms with Crippen molar-refractivity contribution in [2.75, 3.05) is 19.6 Å². The molecule has 0 bridgehead atoms. The number of carbonyl (C=O) groups excluding carboxylic acids is 1. The van der Waals surface area contributed by atoms with Gasteiger partial charge in [0.25, 0.3) is 0 Å². The fourth-order valence-corrected chi connectivity index (χ4v) is 3.31. The summed E-state index contributed by atoms with van der Waals surface area (Å²) in [7, 11) is 0. The maximum absolute atomic E-state index is 12.4. The summed E-state index contributed by atoms with van der Waals surface area (Å²) in [4.78, 5) is 14.4. The molecule has 2 aliphatic rings. The monoisotopic (exact) mass is 277 g/mol.